The zero-order valence-corrected chi connectivity index (χ0v) is 14.2. The van der Waals surface area contributed by atoms with Gasteiger partial charge in [0.15, 0.2) is 0 Å². The van der Waals surface area contributed by atoms with Crippen LogP contribution in [0.25, 0.3) is 0 Å². The molecular formula is C17H32N2O2. The molecule has 1 aliphatic carbocycles. The van der Waals surface area contributed by atoms with Crippen molar-refractivity contribution in [2.45, 2.75) is 83.9 Å². The van der Waals surface area contributed by atoms with Gasteiger partial charge < -0.3 is 15.0 Å². The predicted molar refractivity (Wildman–Crippen MR) is 85.4 cm³/mol. The van der Waals surface area contributed by atoms with Gasteiger partial charge in [-0.25, -0.2) is 4.79 Å². The molecule has 1 saturated carbocycles. The zero-order chi connectivity index (χ0) is 15.5. The van der Waals surface area contributed by atoms with Crippen molar-refractivity contribution >= 4 is 6.09 Å². The summed E-state index contributed by atoms with van der Waals surface area (Å²) < 4.78 is 5.45. The number of carbonyl (C=O) groups is 1. The van der Waals surface area contributed by atoms with E-state index in [0.717, 1.165) is 25.4 Å². The van der Waals surface area contributed by atoms with Crippen molar-refractivity contribution in [3.63, 3.8) is 0 Å². The Hall–Kier alpha value is -0.770. The number of nitrogens with one attached hydrogen (secondary N) is 1. The highest BCUT2D eigenvalue weighted by Gasteiger charge is 2.31. The number of ether oxygens (including phenoxy) is 1. The van der Waals surface area contributed by atoms with Crippen LogP contribution in [-0.2, 0) is 4.74 Å². The fraction of sp³-hybridized carbons (Fsp3) is 0.941. The molecule has 0 aromatic heterocycles. The molecule has 1 amide bonds. The lowest BCUT2D eigenvalue weighted by molar-refractivity contribution is 0.0290. The molecular weight excluding hydrogens is 264 g/mol. The van der Waals surface area contributed by atoms with Gasteiger partial charge in [0.1, 0.15) is 5.60 Å². The van der Waals surface area contributed by atoms with Crippen molar-refractivity contribution in [1.82, 2.24) is 10.2 Å². The summed E-state index contributed by atoms with van der Waals surface area (Å²) in [4.78, 5) is 13.9. The summed E-state index contributed by atoms with van der Waals surface area (Å²) in [5.41, 5.74) is -0.403. The molecule has 2 aliphatic rings. The molecule has 2 rings (SSSR count). The van der Waals surface area contributed by atoms with Gasteiger partial charge in [0.2, 0.25) is 0 Å². The van der Waals surface area contributed by atoms with Crippen LogP contribution >= 0.6 is 0 Å². The van der Waals surface area contributed by atoms with Crippen molar-refractivity contribution in [3.8, 4) is 0 Å². The number of carbonyl (C=O) groups excluding carboxylic acids is 1. The lowest BCUT2D eigenvalue weighted by Gasteiger charge is -2.25. The smallest absolute Gasteiger partial charge is 0.410 e. The number of nitrogens with zero attached hydrogens (tertiary/aromatic N) is 1. The molecule has 1 N–H and O–H groups in total. The monoisotopic (exact) mass is 296 g/mol. The molecule has 0 radical (unpaired) electrons. The molecule has 0 bridgehead atoms. The van der Waals surface area contributed by atoms with Crippen molar-refractivity contribution in [2.75, 3.05) is 13.1 Å². The van der Waals surface area contributed by atoms with Crippen molar-refractivity contribution in [3.05, 3.63) is 0 Å². The molecule has 1 saturated heterocycles. The minimum absolute atomic E-state index is 0.165. The van der Waals surface area contributed by atoms with E-state index in [0.29, 0.717) is 12.1 Å². The van der Waals surface area contributed by atoms with Crippen LogP contribution in [-0.4, -0.2) is 41.8 Å². The highest BCUT2D eigenvalue weighted by Crippen LogP contribution is 2.24. The Bertz CT molecular complexity index is 351. The van der Waals surface area contributed by atoms with E-state index in [9.17, 15) is 4.79 Å². The van der Waals surface area contributed by atoms with E-state index < -0.39 is 5.60 Å². The lowest BCUT2D eigenvalue weighted by Crippen LogP contribution is -2.41. The standard InChI is InChI=1S/C17H32N2O2/c1-13-6-5-7-14(9-8-13)18-15-10-11-19(12-15)16(20)21-17(2,3)4/h13-15,18H,5-12H2,1-4H3. The zero-order valence-electron chi connectivity index (χ0n) is 14.2. The summed E-state index contributed by atoms with van der Waals surface area (Å²) in [5, 5.41) is 3.78. The molecule has 1 heterocycles. The van der Waals surface area contributed by atoms with Crippen LogP contribution in [0.3, 0.4) is 0 Å². The van der Waals surface area contributed by atoms with Gasteiger partial charge in [-0.2, -0.15) is 0 Å². The molecule has 1 aliphatic heterocycles. The highest BCUT2D eigenvalue weighted by molar-refractivity contribution is 5.68. The van der Waals surface area contributed by atoms with Crippen molar-refractivity contribution in [1.29, 1.82) is 0 Å². The van der Waals surface area contributed by atoms with Crippen LogP contribution in [0.15, 0.2) is 0 Å². The average Bonchev–Trinajstić information content (AvgIpc) is 2.73. The van der Waals surface area contributed by atoms with Crippen LogP contribution in [0.5, 0.6) is 0 Å². The molecule has 4 nitrogen and oxygen atoms in total. The Balaban J connectivity index is 1.76. The van der Waals surface area contributed by atoms with E-state index in [1.807, 2.05) is 25.7 Å². The second-order valence-electron chi connectivity index (χ2n) is 7.89. The molecule has 3 atom stereocenters. The fourth-order valence-corrected chi connectivity index (χ4v) is 3.38. The van der Waals surface area contributed by atoms with Gasteiger partial charge in [0.25, 0.3) is 0 Å². The number of hydrogen-bond acceptors (Lipinski definition) is 3. The molecule has 4 heteroatoms. The first-order valence-electron chi connectivity index (χ1n) is 8.57. The number of rotatable bonds is 2. The first-order valence-corrected chi connectivity index (χ1v) is 8.57. The second-order valence-corrected chi connectivity index (χ2v) is 7.89. The maximum Gasteiger partial charge on any atom is 0.410 e. The van der Waals surface area contributed by atoms with Crippen LogP contribution < -0.4 is 5.32 Å². The van der Waals surface area contributed by atoms with E-state index in [4.69, 9.17) is 4.74 Å². The summed E-state index contributed by atoms with van der Waals surface area (Å²) in [7, 11) is 0. The van der Waals surface area contributed by atoms with E-state index in [-0.39, 0.29) is 6.09 Å². The first kappa shape index (κ1) is 16.6. The van der Waals surface area contributed by atoms with Crippen LogP contribution in [0.1, 0.15) is 66.2 Å². The van der Waals surface area contributed by atoms with Crippen molar-refractivity contribution < 1.29 is 9.53 Å². The van der Waals surface area contributed by atoms with Crippen LogP contribution in [0, 0.1) is 5.92 Å². The van der Waals surface area contributed by atoms with Crippen LogP contribution in [0.4, 0.5) is 4.79 Å². The topological polar surface area (TPSA) is 41.6 Å². The molecule has 0 aromatic carbocycles. The Morgan fingerprint density at radius 1 is 1.10 bits per heavy atom. The number of hydrogen-bond donors (Lipinski definition) is 1. The molecule has 0 spiro atoms. The van der Waals surface area contributed by atoms with Gasteiger partial charge in [-0.05, 0) is 52.4 Å². The van der Waals surface area contributed by atoms with E-state index >= 15 is 0 Å². The average molecular weight is 296 g/mol. The third-order valence-electron chi connectivity index (χ3n) is 4.57. The molecule has 0 aromatic rings. The van der Waals surface area contributed by atoms with Crippen molar-refractivity contribution in [2.24, 2.45) is 5.92 Å². The highest BCUT2D eigenvalue weighted by atomic mass is 16.6. The Morgan fingerprint density at radius 2 is 1.86 bits per heavy atom. The number of amides is 1. The molecule has 122 valence electrons. The third kappa shape index (κ3) is 5.50. The number of likely N-dealkylation sites (tertiary alicyclic amines) is 1. The summed E-state index contributed by atoms with van der Waals surface area (Å²) in [6.45, 7) is 9.73. The van der Waals surface area contributed by atoms with Gasteiger partial charge >= 0.3 is 6.09 Å². The van der Waals surface area contributed by atoms with E-state index in [1.54, 1.807) is 0 Å². The molecule has 3 unspecified atom stereocenters. The van der Waals surface area contributed by atoms with Gasteiger partial charge in [-0.15, -0.1) is 0 Å². The summed E-state index contributed by atoms with van der Waals surface area (Å²) >= 11 is 0. The normalized spacial score (nSPS) is 31.0. The van der Waals surface area contributed by atoms with Gasteiger partial charge in [0.05, 0.1) is 0 Å². The second kappa shape index (κ2) is 6.99. The van der Waals surface area contributed by atoms with Gasteiger partial charge in [0, 0.05) is 25.2 Å². The van der Waals surface area contributed by atoms with Crippen LogP contribution in [0.2, 0.25) is 0 Å². The third-order valence-corrected chi connectivity index (χ3v) is 4.57. The summed E-state index contributed by atoms with van der Waals surface area (Å²) in [6, 6.07) is 1.08. The Kier molecular flexibility index (Phi) is 5.53. The summed E-state index contributed by atoms with van der Waals surface area (Å²) in [6.07, 6.45) is 7.48. The lowest BCUT2D eigenvalue weighted by atomic mass is 10.0. The predicted octanol–water partition coefficient (Wildman–Crippen LogP) is 3.55. The maximum atomic E-state index is 12.1. The first-order chi connectivity index (χ1) is 9.83. The summed E-state index contributed by atoms with van der Waals surface area (Å²) in [5.74, 6) is 0.874. The molecule has 21 heavy (non-hydrogen) atoms. The quantitative estimate of drug-likeness (QED) is 0.792. The fourth-order valence-electron chi connectivity index (χ4n) is 3.38. The van der Waals surface area contributed by atoms with E-state index in [2.05, 4.69) is 12.2 Å². The van der Waals surface area contributed by atoms with Gasteiger partial charge in [-0.3, -0.25) is 0 Å². The van der Waals surface area contributed by atoms with Gasteiger partial charge in [-0.1, -0.05) is 19.8 Å². The minimum atomic E-state index is -0.403. The largest absolute Gasteiger partial charge is 0.444 e. The Labute approximate surface area is 129 Å². The molecule has 2 fully saturated rings. The SMILES string of the molecule is CC1CCCC(NC2CCN(C(=O)OC(C)(C)C)C2)CC1. The Morgan fingerprint density at radius 3 is 2.57 bits per heavy atom. The van der Waals surface area contributed by atoms with E-state index in [1.165, 1.54) is 32.1 Å². The minimum Gasteiger partial charge on any atom is -0.444 e. The maximum absolute atomic E-state index is 12.1.